The Labute approximate surface area is 105 Å². The summed E-state index contributed by atoms with van der Waals surface area (Å²) in [4.78, 5) is 0. The zero-order valence-corrected chi connectivity index (χ0v) is 11.6. The lowest BCUT2D eigenvalue weighted by Crippen LogP contribution is -2.23. The minimum Gasteiger partial charge on any atom is -0.309 e. The second kappa shape index (κ2) is 6.74. The van der Waals surface area contributed by atoms with E-state index >= 15 is 0 Å². The van der Waals surface area contributed by atoms with Crippen molar-refractivity contribution in [3.8, 4) is 0 Å². The Kier molecular flexibility index (Phi) is 5.62. The van der Waals surface area contributed by atoms with Crippen LogP contribution < -0.4 is 5.32 Å². The molecule has 2 N–H and O–H groups in total. The standard InChI is InChI=1S/C13H26N4/c1-5-9-14-11(12-10-15-17-16-12)7-6-8-13(2,3)4/h10-11,14H,5-9H2,1-4H3,(H,15,16,17). The summed E-state index contributed by atoms with van der Waals surface area (Å²) in [6, 6.07) is 0.344. The lowest BCUT2D eigenvalue weighted by Gasteiger charge is -2.21. The monoisotopic (exact) mass is 238 g/mol. The zero-order chi connectivity index (χ0) is 12.7. The predicted octanol–water partition coefficient (Wildman–Crippen LogP) is 3.06. The number of aromatic amines is 1. The summed E-state index contributed by atoms with van der Waals surface area (Å²) in [5, 5.41) is 14.3. The summed E-state index contributed by atoms with van der Waals surface area (Å²) in [5.41, 5.74) is 1.45. The molecule has 17 heavy (non-hydrogen) atoms. The summed E-state index contributed by atoms with van der Waals surface area (Å²) in [7, 11) is 0. The van der Waals surface area contributed by atoms with Gasteiger partial charge in [0.05, 0.1) is 17.9 Å². The molecule has 0 aromatic carbocycles. The quantitative estimate of drug-likeness (QED) is 0.767. The van der Waals surface area contributed by atoms with Gasteiger partial charge in [-0.15, -0.1) is 0 Å². The molecule has 0 aliphatic carbocycles. The van der Waals surface area contributed by atoms with Gasteiger partial charge in [-0.1, -0.05) is 34.1 Å². The van der Waals surface area contributed by atoms with Gasteiger partial charge in [-0.3, -0.25) is 0 Å². The van der Waals surface area contributed by atoms with E-state index in [1.54, 1.807) is 0 Å². The Balaban J connectivity index is 2.42. The van der Waals surface area contributed by atoms with Crippen LogP contribution in [0.2, 0.25) is 0 Å². The van der Waals surface area contributed by atoms with Crippen LogP contribution in [0.1, 0.15) is 65.1 Å². The van der Waals surface area contributed by atoms with Crippen LogP contribution in [0.25, 0.3) is 0 Å². The SMILES string of the molecule is CCCNC(CCCC(C)(C)C)c1cn[nH]n1. The summed E-state index contributed by atoms with van der Waals surface area (Å²) < 4.78 is 0. The molecule has 0 aliphatic rings. The van der Waals surface area contributed by atoms with E-state index < -0.39 is 0 Å². The van der Waals surface area contributed by atoms with Crippen molar-refractivity contribution in [2.45, 2.75) is 59.4 Å². The molecule has 0 fully saturated rings. The molecule has 0 bridgehead atoms. The summed E-state index contributed by atoms with van der Waals surface area (Å²) >= 11 is 0. The first-order chi connectivity index (χ1) is 8.03. The number of nitrogens with one attached hydrogen (secondary N) is 2. The molecule has 1 rings (SSSR count). The Morgan fingerprint density at radius 2 is 2.18 bits per heavy atom. The number of hydrogen-bond acceptors (Lipinski definition) is 3. The van der Waals surface area contributed by atoms with Gasteiger partial charge in [-0.2, -0.15) is 15.4 Å². The van der Waals surface area contributed by atoms with Gasteiger partial charge in [-0.25, -0.2) is 0 Å². The fourth-order valence-electron chi connectivity index (χ4n) is 1.89. The van der Waals surface area contributed by atoms with Gasteiger partial charge in [0.15, 0.2) is 0 Å². The van der Waals surface area contributed by atoms with Gasteiger partial charge in [0.25, 0.3) is 0 Å². The third kappa shape index (κ3) is 5.82. The molecule has 0 saturated heterocycles. The highest BCUT2D eigenvalue weighted by molar-refractivity contribution is 4.99. The van der Waals surface area contributed by atoms with Crippen molar-refractivity contribution in [2.75, 3.05) is 6.54 Å². The van der Waals surface area contributed by atoms with E-state index in [1.807, 2.05) is 6.20 Å². The average Bonchev–Trinajstić information content (AvgIpc) is 2.74. The number of hydrogen-bond donors (Lipinski definition) is 2. The van der Waals surface area contributed by atoms with Gasteiger partial charge in [0.2, 0.25) is 0 Å². The molecule has 0 spiro atoms. The smallest absolute Gasteiger partial charge is 0.0993 e. The van der Waals surface area contributed by atoms with Crippen LogP contribution >= 0.6 is 0 Å². The maximum atomic E-state index is 4.19. The molecular weight excluding hydrogens is 212 g/mol. The molecular formula is C13H26N4. The molecule has 0 aliphatic heterocycles. The lowest BCUT2D eigenvalue weighted by atomic mass is 9.88. The van der Waals surface area contributed by atoms with Crippen molar-refractivity contribution < 1.29 is 0 Å². The number of aromatic nitrogens is 3. The second-order valence-corrected chi connectivity index (χ2v) is 5.85. The molecule has 1 atom stereocenters. The third-order valence-electron chi connectivity index (χ3n) is 2.85. The molecule has 4 heteroatoms. The first-order valence-electron chi connectivity index (χ1n) is 6.62. The number of rotatable bonds is 7. The summed E-state index contributed by atoms with van der Waals surface area (Å²) in [6.45, 7) is 10.1. The largest absolute Gasteiger partial charge is 0.309 e. The minimum atomic E-state index is 0.344. The molecule has 1 aromatic rings. The number of H-pyrrole nitrogens is 1. The van der Waals surface area contributed by atoms with Gasteiger partial charge in [-0.05, 0) is 31.2 Å². The van der Waals surface area contributed by atoms with Crippen molar-refractivity contribution in [1.82, 2.24) is 20.7 Å². The van der Waals surface area contributed by atoms with Gasteiger partial charge >= 0.3 is 0 Å². The zero-order valence-electron chi connectivity index (χ0n) is 11.6. The van der Waals surface area contributed by atoms with Crippen LogP contribution in [-0.2, 0) is 0 Å². The Morgan fingerprint density at radius 3 is 2.71 bits per heavy atom. The van der Waals surface area contributed by atoms with Gasteiger partial charge < -0.3 is 5.32 Å². The highest BCUT2D eigenvalue weighted by atomic mass is 15.3. The van der Waals surface area contributed by atoms with Crippen molar-refractivity contribution in [2.24, 2.45) is 5.41 Å². The van der Waals surface area contributed by atoms with Gasteiger partial charge in [0, 0.05) is 0 Å². The number of nitrogens with zero attached hydrogens (tertiary/aromatic N) is 2. The van der Waals surface area contributed by atoms with E-state index in [0.717, 1.165) is 25.1 Å². The van der Waals surface area contributed by atoms with E-state index in [1.165, 1.54) is 12.8 Å². The third-order valence-corrected chi connectivity index (χ3v) is 2.85. The Hall–Kier alpha value is -0.900. The predicted molar refractivity (Wildman–Crippen MR) is 70.7 cm³/mol. The Bertz CT molecular complexity index is 287. The summed E-state index contributed by atoms with van der Waals surface area (Å²) in [6.07, 6.45) is 6.56. The lowest BCUT2D eigenvalue weighted by molar-refractivity contribution is 0.342. The second-order valence-electron chi connectivity index (χ2n) is 5.85. The van der Waals surface area contributed by atoms with Crippen LogP contribution in [0.15, 0.2) is 6.20 Å². The normalized spacial score (nSPS) is 13.9. The van der Waals surface area contributed by atoms with Crippen LogP contribution in [0.3, 0.4) is 0 Å². The van der Waals surface area contributed by atoms with Crippen LogP contribution in [0, 0.1) is 5.41 Å². The molecule has 0 amide bonds. The molecule has 98 valence electrons. The summed E-state index contributed by atoms with van der Waals surface area (Å²) in [5.74, 6) is 0. The van der Waals surface area contributed by atoms with Crippen molar-refractivity contribution in [3.63, 3.8) is 0 Å². The van der Waals surface area contributed by atoms with Crippen LogP contribution in [0.4, 0.5) is 0 Å². The molecule has 1 aromatic heterocycles. The molecule has 4 nitrogen and oxygen atoms in total. The fraction of sp³-hybridized carbons (Fsp3) is 0.846. The van der Waals surface area contributed by atoms with E-state index in [4.69, 9.17) is 0 Å². The first-order valence-corrected chi connectivity index (χ1v) is 6.62. The highest BCUT2D eigenvalue weighted by Gasteiger charge is 2.15. The van der Waals surface area contributed by atoms with Crippen LogP contribution in [-0.4, -0.2) is 22.0 Å². The van der Waals surface area contributed by atoms with Gasteiger partial charge in [0.1, 0.15) is 0 Å². The molecule has 0 saturated carbocycles. The molecule has 1 unspecified atom stereocenters. The van der Waals surface area contributed by atoms with Crippen molar-refractivity contribution >= 4 is 0 Å². The van der Waals surface area contributed by atoms with Crippen molar-refractivity contribution in [1.29, 1.82) is 0 Å². The topological polar surface area (TPSA) is 53.6 Å². The maximum absolute atomic E-state index is 4.19. The minimum absolute atomic E-state index is 0.344. The van der Waals surface area contributed by atoms with Crippen molar-refractivity contribution in [3.05, 3.63) is 11.9 Å². The van der Waals surface area contributed by atoms with E-state index in [-0.39, 0.29) is 0 Å². The van der Waals surface area contributed by atoms with Crippen LogP contribution in [0.5, 0.6) is 0 Å². The molecule has 1 heterocycles. The fourth-order valence-corrected chi connectivity index (χ4v) is 1.89. The van der Waals surface area contributed by atoms with E-state index in [0.29, 0.717) is 11.5 Å². The average molecular weight is 238 g/mol. The molecule has 0 radical (unpaired) electrons. The van der Waals surface area contributed by atoms with E-state index in [2.05, 4.69) is 48.4 Å². The van der Waals surface area contributed by atoms with E-state index in [9.17, 15) is 0 Å². The first kappa shape index (κ1) is 14.2. The Morgan fingerprint density at radius 1 is 1.41 bits per heavy atom. The maximum Gasteiger partial charge on any atom is 0.0993 e. The highest BCUT2D eigenvalue weighted by Crippen LogP contribution is 2.25.